The maximum Gasteiger partial charge on any atom is 0.224 e. The minimum atomic E-state index is 0.0989. The molecule has 0 unspecified atom stereocenters. The van der Waals surface area contributed by atoms with Gasteiger partial charge >= 0.3 is 0 Å². The van der Waals surface area contributed by atoms with Crippen LogP contribution in [-0.4, -0.2) is 5.91 Å². The van der Waals surface area contributed by atoms with Crippen LogP contribution < -0.4 is 5.32 Å². The zero-order valence-corrected chi connectivity index (χ0v) is 11.9. The highest BCUT2D eigenvalue weighted by atomic mass is 16.1. The molecule has 0 atom stereocenters. The highest BCUT2D eigenvalue weighted by Gasteiger charge is 2.07. The number of hydrogen-bond acceptors (Lipinski definition) is 1. The predicted octanol–water partition coefficient (Wildman–Crippen LogP) is 4.87. The summed E-state index contributed by atoms with van der Waals surface area (Å²) in [5, 5.41) is 3.03. The molecule has 1 amide bonds. The Labute approximate surface area is 120 Å². The van der Waals surface area contributed by atoms with Crippen LogP contribution in [-0.2, 0) is 4.79 Å². The number of rotatable bonds is 6. The van der Waals surface area contributed by atoms with Gasteiger partial charge in [-0.1, -0.05) is 68.3 Å². The summed E-state index contributed by atoms with van der Waals surface area (Å²) in [5.74, 6) is 0.0989. The van der Waals surface area contributed by atoms with Crippen molar-refractivity contribution >= 4 is 11.6 Å². The fourth-order valence-corrected chi connectivity index (χ4v) is 2.21. The first-order valence-corrected chi connectivity index (χ1v) is 7.25. The van der Waals surface area contributed by atoms with Crippen LogP contribution in [0.1, 0.15) is 32.6 Å². The average molecular weight is 267 g/mol. The van der Waals surface area contributed by atoms with Gasteiger partial charge in [-0.15, -0.1) is 0 Å². The van der Waals surface area contributed by atoms with Gasteiger partial charge in [0.25, 0.3) is 0 Å². The fraction of sp³-hybridized carbons (Fsp3) is 0.278. The lowest BCUT2D eigenvalue weighted by Crippen LogP contribution is -2.11. The molecule has 0 saturated heterocycles. The van der Waals surface area contributed by atoms with E-state index in [1.165, 1.54) is 0 Å². The molecular formula is C18H21NO. The van der Waals surface area contributed by atoms with Gasteiger partial charge in [0.1, 0.15) is 0 Å². The molecule has 0 aromatic heterocycles. The van der Waals surface area contributed by atoms with Gasteiger partial charge in [0.15, 0.2) is 0 Å². The highest BCUT2D eigenvalue weighted by molar-refractivity contribution is 5.95. The molecule has 2 nitrogen and oxygen atoms in total. The second-order valence-electron chi connectivity index (χ2n) is 4.92. The summed E-state index contributed by atoms with van der Waals surface area (Å²) in [6.45, 7) is 2.14. The summed E-state index contributed by atoms with van der Waals surface area (Å²) in [6.07, 6.45) is 3.79. The van der Waals surface area contributed by atoms with E-state index in [1.54, 1.807) is 0 Å². The van der Waals surface area contributed by atoms with Crippen molar-refractivity contribution in [2.75, 3.05) is 5.32 Å². The van der Waals surface area contributed by atoms with Gasteiger partial charge in [0.2, 0.25) is 5.91 Å². The summed E-state index contributed by atoms with van der Waals surface area (Å²) in [6, 6.07) is 18.1. The number of amides is 1. The van der Waals surface area contributed by atoms with Crippen LogP contribution in [0.15, 0.2) is 54.6 Å². The van der Waals surface area contributed by atoms with Crippen LogP contribution in [0.25, 0.3) is 11.1 Å². The molecular weight excluding hydrogens is 246 g/mol. The lowest BCUT2D eigenvalue weighted by atomic mass is 10.0. The van der Waals surface area contributed by atoms with Gasteiger partial charge in [-0.25, -0.2) is 0 Å². The first-order chi connectivity index (χ1) is 9.81. The number of para-hydroxylation sites is 1. The topological polar surface area (TPSA) is 29.1 Å². The van der Waals surface area contributed by atoms with Crippen molar-refractivity contribution in [2.45, 2.75) is 32.6 Å². The normalized spacial score (nSPS) is 10.2. The Kier molecular flexibility index (Phi) is 5.36. The van der Waals surface area contributed by atoms with Gasteiger partial charge in [0.05, 0.1) is 0 Å². The molecule has 0 spiro atoms. The van der Waals surface area contributed by atoms with Crippen LogP contribution in [0.5, 0.6) is 0 Å². The molecule has 2 heteroatoms. The van der Waals surface area contributed by atoms with E-state index in [4.69, 9.17) is 0 Å². The predicted molar refractivity (Wildman–Crippen MR) is 84.6 cm³/mol. The number of unbranched alkanes of at least 4 members (excludes halogenated alkanes) is 2. The van der Waals surface area contributed by atoms with Crippen LogP contribution in [0.3, 0.4) is 0 Å². The highest BCUT2D eigenvalue weighted by Crippen LogP contribution is 2.27. The zero-order chi connectivity index (χ0) is 14.2. The molecule has 1 N–H and O–H groups in total. The van der Waals surface area contributed by atoms with E-state index in [9.17, 15) is 4.79 Å². The number of anilines is 1. The summed E-state index contributed by atoms with van der Waals surface area (Å²) in [7, 11) is 0. The third-order valence-electron chi connectivity index (χ3n) is 3.29. The zero-order valence-electron chi connectivity index (χ0n) is 11.9. The monoisotopic (exact) mass is 267 g/mol. The average Bonchev–Trinajstić information content (AvgIpc) is 2.49. The lowest BCUT2D eigenvalue weighted by Gasteiger charge is -2.11. The summed E-state index contributed by atoms with van der Waals surface area (Å²) >= 11 is 0. The SMILES string of the molecule is CCCCCC(=O)Nc1ccccc1-c1ccccc1. The van der Waals surface area contributed by atoms with E-state index in [1.807, 2.05) is 42.5 Å². The van der Waals surface area contributed by atoms with Gasteiger partial charge in [-0.05, 0) is 18.1 Å². The minimum absolute atomic E-state index is 0.0989. The Bertz CT molecular complexity index is 548. The van der Waals surface area contributed by atoms with Gasteiger partial charge in [-0.3, -0.25) is 4.79 Å². The fourth-order valence-electron chi connectivity index (χ4n) is 2.21. The van der Waals surface area contributed by atoms with E-state index in [0.29, 0.717) is 6.42 Å². The molecule has 0 bridgehead atoms. The maximum absolute atomic E-state index is 12.0. The summed E-state index contributed by atoms with van der Waals surface area (Å²) in [5.41, 5.74) is 3.08. The first-order valence-electron chi connectivity index (χ1n) is 7.25. The molecule has 2 rings (SSSR count). The quantitative estimate of drug-likeness (QED) is 0.743. The molecule has 0 heterocycles. The molecule has 0 aliphatic rings. The van der Waals surface area contributed by atoms with Crippen molar-refractivity contribution in [1.29, 1.82) is 0 Å². The van der Waals surface area contributed by atoms with E-state index < -0.39 is 0 Å². The lowest BCUT2D eigenvalue weighted by molar-refractivity contribution is -0.116. The standard InChI is InChI=1S/C18H21NO/c1-2-3-5-14-18(20)19-17-13-9-8-12-16(17)15-10-6-4-7-11-15/h4,6-13H,2-3,5,14H2,1H3,(H,19,20). The van der Waals surface area contributed by atoms with Gasteiger partial charge < -0.3 is 5.32 Å². The molecule has 0 aliphatic heterocycles. The minimum Gasteiger partial charge on any atom is -0.326 e. The second kappa shape index (κ2) is 7.49. The third-order valence-corrected chi connectivity index (χ3v) is 3.29. The number of benzene rings is 2. The molecule has 0 aliphatic carbocycles. The van der Waals surface area contributed by atoms with Crippen molar-refractivity contribution in [1.82, 2.24) is 0 Å². The van der Waals surface area contributed by atoms with Crippen LogP contribution in [0.2, 0.25) is 0 Å². The number of nitrogens with one attached hydrogen (secondary N) is 1. The summed E-state index contributed by atoms with van der Waals surface area (Å²) in [4.78, 5) is 12.0. The van der Waals surface area contributed by atoms with E-state index in [0.717, 1.165) is 36.1 Å². The Balaban J connectivity index is 2.11. The van der Waals surface area contributed by atoms with Crippen molar-refractivity contribution in [3.8, 4) is 11.1 Å². The molecule has 0 radical (unpaired) electrons. The van der Waals surface area contributed by atoms with Crippen LogP contribution in [0.4, 0.5) is 5.69 Å². The summed E-state index contributed by atoms with van der Waals surface area (Å²) < 4.78 is 0. The second-order valence-corrected chi connectivity index (χ2v) is 4.92. The Hall–Kier alpha value is -2.09. The van der Waals surface area contributed by atoms with Gasteiger partial charge in [0, 0.05) is 17.7 Å². The van der Waals surface area contributed by atoms with Crippen LogP contribution >= 0.6 is 0 Å². The molecule has 20 heavy (non-hydrogen) atoms. The van der Waals surface area contributed by atoms with E-state index in [2.05, 4.69) is 24.4 Å². The number of hydrogen-bond donors (Lipinski definition) is 1. The van der Waals surface area contributed by atoms with Crippen molar-refractivity contribution in [2.24, 2.45) is 0 Å². The number of carbonyl (C=O) groups excluding carboxylic acids is 1. The largest absolute Gasteiger partial charge is 0.326 e. The molecule has 2 aromatic carbocycles. The van der Waals surface area contributed by atoms with Crippen LogP contribution in [0, 0.1) is 0 Å². The maximum atomic E-state index is 12.0. The van der Waals surface area contributed by atoms with Crippen molar-refractivity contribution in [3.63, 3.8) is 0 Å². The molecule has 104 valence electrons. The Morgan fingerprint density at radius 1 is 0.950 bits per heavy atom. The Morgan fingerprint density at radius 3 is 2.40 bits per heavy atom. The van der Waals surface area contributed by atoms with E-state index >= 15 is 0 Å². The van der Waals surface area contributed by atoms with Gasteiger partial charge in [-0.2, -0.15) is 0 Å². The molecule has 2 aromatic rings. The molecule has 0 saturated carbocycles. The number of carbonyl (C=O) groups is 1. The first kappa shape index (κ1) is 14.3. The van der Waals surface area contributed by atoms with Crippen molar-refractivity contribution in [3.05, 3.63) is 54.6 Å². The third kappa shape index (κ3) is 3.95. The van der Waals surface area contributed by atoms with Crippen molar-refractivity contribution < 1.29 is 4.79 Å². The Morgan fingerprint density at radius 2 is 1.65 bits per heavy atom. The smallest absolute Gasteiger partial charge is 0.224 e. The van der Waals surface area contributed by atoms with E-state index in [-0.39, 0.29) is 5.91 Å². The molecule has 0 fully saturated rings.